The summed E-state index contributed by atoms with van der Waals surface area (Å²) < 4.78 is 44.3. The van der Waals surface area contributed by atoms with Crippen LogP contribution in [0.5, 0.6) is 0 Å². The number of rotatable bonds is 7. The minimum Gasteiger partial charge on any atom is -0.383 e. The summed E-state index contributed by atoms with van der Waals surface area (Å²) in [6.07, 6.45) is 2.35. The van der Waals surface area contributed by atoms with Gasteiger partial charge in [0.05, 0.1) is 18.3 Å². The minimum atomic E-state index is -1.72. The van der Waals surface area contributed by atoms with Crippen molar-refractivity contribution in [2.24, 2.45) is 0 Å². The Balaban J connectivity index is 2.69. The molecule has 1 atom stereocenters. The van der Waals surface area contributed by atoms with E-state index in [1.807, 2.05) is 12.2 Å². The van der Waals surface area contributed by atoms with Crippen molar-refractivity contribution in [3.63, 3.8) is 0 Å². The molecule has 0 radical (unpaired) electrons. The van der Waals surface area contributed by atoms with Crippen molar-refractivity contribution in [3.05, 3.63) is 29.6 Å². The molecule has 1 rings (SSSR count). The fraction of sp³-hybridized carbons (Fsp3) is 0.467. The van der Waals surface area contributed by atoms with Gasteiger partial charge >= 0.3 is 11.8 Å². The van der Waals surface area contributed by atoms with E-state index < -0.39 is 35.0 Å². The van der Waals surface area contributed by atoms with Gasteiger partial charge in [-0.15, -0.1) is 0 Å². The van der Waals surface area contributed by atoms with Gasteiger partial charge in [-0.05, 0) is 18.6 Å². The molecule has 0 saturated carbocycles. The lowest BCUT2D eigenvalue weighted by Gasteiger charge is -2.17. The van der Waals surface area contributed by atoms with Crippen LogP contribution in [0.4, 0.5) is 18.9 Å². The van der Waals surface area contributed by atoms with Crippen LogP contribution < -0.4 is 10.6 Å². The highest BCUT2D eigenvalue weighted by atomic mass is 19.2. The van der Waals surface area contributed by atoms with Crippen molar-refractivity contribution in [3.8, 4) is 0 Å². The van der Waals surface area contributed by atoms with E-state index in [2.05, 4.69) is 5.32 Å². The summed E-state index contributed by atoms with van der Waals surface area (Å²) in [5.74, 6) is -6.85. The highest BCUT2D eigenvalue weighted by molar-refractivity contribution is 6.39. The Morgan fingerprint density at radius 1 is 1.17 bits per heavy atom. The topological polar surface area (TPSA) is 67.4 Å². The molecular formula is C15H19F3N2O3. The van der Waals surface area contributed by atoms with Crippen LogP contribution in [0.15, 0.2) is 12.1 Å². The number of methoxy groups -OCH3 is 1. The summed E-state index contributed by atoms with van der Waals surface area (Å²) in [6.45, 7) is 2.20. The Hall–Kier alpha value is -2.09. The summed E-state index contributed by atoms with van der Waals surface area (Å²) in [5.41, 5.74) is -0.610. The van der Waals surface area contributed by atoms with Gasteiger partial charge < -0.3 is 15.4 Å². The van der Waals surface area contributed by atoms with Gasteiger partial charge in [0.2, 0.25) is 0 Å². The zero-order chi connectivity index (χ0) is 17.4. The Kier molecular flexibility index (Phi) is 7.53. The van der Waals surface area contributed by atoms with Crippen LogP contribution in [0.25, 0.3) is 0 Å². The number of anilines is 1. The molecule has 0 fully saturated rings. The number of nitrogens with one attached hydrogen (secondary N) is 2. The lowest BCUT2D eigenvalue weighted by atomic mass is 10.1. The molecule has 2 N–H and O–H groups in total. The first kappa shape index (κ1) is 19.0. The van der Waals surface area contributed by atoms with E-state index in [0.29, 0.717) is 12.5 Å². The molecule has 0 spiro atoms. The van der Waals surface area contributed by atoms with Crippen LogP contribution in [0, 0.1) is 17.5 Å². The van der Waals surface area contributed by atoms with Crippen molar-refractivity contribution < 1.29 is 27.5 Å². The molecular weight excluding hydrogens is 313 g/mol. The molecule has 5 nitrogen and oxygen atoms in total. The minimum absolute atomic E-state index is 0.221. The predicted octanol–water partition coefficient (Wildman–Crippen LogP) is 2.36. The van der Waals surface area contributed by atoms with Crippen LogP contribution in [0.2, 0.25) is 0 Å². The molecule has 0 heterocycles. The number of carbonyl (C=O) groups excluding carboxylic acids is 2. The number of carbonyl (C=O) groups is 2. The van der Waals surface area contributed by atoms with Crippen LogP contribution in [0.1, 0.15) is 26.2 Å². The molecule has 0 aromatic heterocycles. The maximum atomic E-state index is 13.5. The summed E-state index contributed by atoms with van der Waals surface area (Å²) in [4.78, 5) is 23.5. The Morgan fingerprint density at radius 2 is 1.87 bits per heavy atom. The van der Waals surface area contributed by atoms with E-state index in [4.69, 9.17) is 4.74 Å². The molecule has 128 valence electrons. The van der Waals surface area contributed by atoms with Crippen molar-refractivity contribution in [1.82, 2.24) is 5.32 Å². The highest BCUT2D eigenvalue weighted by Crippen LogP contribution is 2.19. The average Bonchev–Trinajstić information content (AvgIpc) is 2.53. The van der Waals surface area contributed by atoms with Crippen LogP contribution >= 0.6 is 0 Å². The second-order valence-corrected chi connectivity index (χ2v) is 4.94. The lowest BCUT2D eigenvalue weighted by molar-refractivity contribution is -0.136. The zero-order valence-electron chi connectivity index (χ0n) is 12.9. The van der Waals surface area contributed by atoms with E-state index in [9.17, 15) is 22.8 Å². The van der Waals surface area contributed by atoms with Crippen molar-refractivity contribution in [2.75, 3.05) is 19.0 Å². The normalized spacial score (nSPS) is 11.9. The molecule has 0 aliphatic carbocycles. The van der Waals surface area contributed by atoms with Crippen molar-refractivity contribution >= 4 is 17.5 Å². The monoisotopic (exact) mass is 332 g/mol. The molecule has 1 aromatic rings. The lowest BCUT2D eigenvalue weighted by Crippen LogP contribution is -2.44. The van der Waals surface area contributed by atoms with Gasteiger partial charge in [0.1, 0.15) is 0 Å². The van der Waals surface area contributed by atoms with Gasteiger partial charge in [-0.3, -0.25) is 9.59 Å². The van der Waals surface area contributed by atoms with Gasteiger partial charge in [0, 0.05) is 7.11 Å². The van der Waals surface area contributed by atoms with Gasteiger partial charge in [0.15, 0.2) is 17.5 Å². The average molecular weight is 332 g/mol. The van der Waals surface area contributed by atoms with Crippen LogP contribution in [-0.2, 0) is 14.3 Å². The van der Waals surface area contributed by atoms with Gasteiger partial charge in [-0.2, -0.15) is 0 Å². The molecule has 23 heavy (non-hydrogen) atoms. The van der Waals surface area contributed by atoms with Crippen molar-refractivity contribution in [2.45, 2.75) is 32.2 Å². The standard InChI is InChI=1S/C15H19F3N2O3/c1-3-4-5-9(8-23-2)19-14(21)15(22)20-11-7-6-10(16)12(17)13(11)18/h6-7,9H,3-5,8H2,1-2H3,(H,19,21)(H,20,22). The van der Waals surface area contributed by atoms with Crippen LogP contribution in [0.3, 0.4) is 0 Å². The van der Waals surface area contributed by atoms with Gasteiger partial charge in [-0.25, -0.2) is 13.2 Å². The quantitative estimate of drug-likeness (QED) is 0.595. The third-order valence-electron chi connectivity index (χ3n) is 3.10. The van der Waals surface area contributed by atoms with E-state index in [-0.39, 0.29) is 12.6 Å². The molecule has 0 aliphatic rings. The molecule has 8 heteroatoms. The van der Waals surface area contributed by atoms with Gasteiger partial charge in [-0.1, -0.05) is 19.8 Å². The fourth-order valence-corrected chi connectivity index (χ4v) is 1.90. The number of benzene rings is 1. The number of amides is 2. The smallest absolute Gasteiger partial charge is 0.313 e. The zero-order valence-corrected chi connectivity index (χ0v) is 12.9. The molecule has 1 unspecified atom stereocenters. The predicted molar refractivity (Wildman–Crippen MR) is 78.3 cm³/mol. The van der Waals surface area contributed by atoms with E-state index in [0.717, 1.165) is 18.9 Å². The summed E-state index contributed by atoms with van der Waals surface area (Å²) in [7, 11) is 1.46. The molecule has 1 aromatic carbocycles. The first-order valence-corrected chi connectivity index (χ1v) is 7.15. The number of hydrogen-bond acceptors (Lipinski definition) is 3. The fourth-order valence-electron chi connectivity index (χ4n) is 1.90. The second-order valence-electron chi connectivity index (χ2n) is 4.94. The number of unbranched alkanes of at least 4 members (excludes halogenated alkanes) is 1. The molecule has 0 aliphatic heterocycles. The number of hydrogen-bond donors (Lipinski definition) is 2. The third-order valence-corrected chi connectivity index (χ3v) is 3.10. The SMILES string of the molecule is CCCCC(COC)NC(=O)C(=O)Nc1ccc(F)c(F)c1F. The molecule has 0 bridgehead atoms. The second kappa shape index (κ2) is 9.14. The number of halogens is 3. The molecule has 0 saturated heterocycles. The van der Waals surface area contributed by atoms with E-state index in [1.54, 1.807) is 0 Å². The maximum absolute atomic E-state index is 13.5. The Labute approximate surface area is 132 Å². The highest BCUT2D eigenvalue weighted by Gasteiger charge is 2.21. The van der Waals surface area contributed by atoms with E-state index >= 15 is 0 Å². The Bertz CT molecular complexity index is 567. The first-order chi connectivity index (χ1) is 10.9. The van der Waals surface area contributed by atoms with E-state index in [1.165, 1.54) is 7.11 Å². The first-order valence-electron chi connectivity index (χ1n) is 7.15. The largest absolute Gasteiger partial charge is 0.383 e. The summed E-state index contributed by atoms with van der Waals surface area (Å²) >= 11 is 0. The maximum Gasteiger partial charge on any atom is 0.313 e. The summed E-state index contributed by atoms with van der Waals surface area (Å²) in [5, 5.41) is 4.36. The number of ether oxygens (including phenoxy) is 1. The summed E-state index contributed by atoms with van der Waals surface area (Å²) in [6, 6.07) is 1.12. The molecule has 2 amide bonds. The Morgan fingerprint density at radius 3 is 2.48 bits per heavy atom. The van der Waals surface area contributed by atoms with Gasteiger partial charge in [0.25, 0.3) is 0 Å². The third kappa shape index (κ3) is 5.55. The van der Waals surface area contributed by atoms with Crippen LogP contribution in [-0.4, -0.2) is 31.6 Å². The van der Waals surface area contributed by atoms with Crippen molar-refractivity contribution in [1.29, 1.82) is 0 Å².